The second kappa shape index (κ2) is 7.43. The molecule has 1 unspecified atom stereocenters. The summed E-state index contributed by atoms with van der Waals surface area (Å²) in [5.41, 5.74) is 2.84. The smallest absolute Gasteiger partial charge is 0.227 e. The lowest BCUT2D eigenvalue weighted by Gasteiger charge is -2.32. The average Bonchev–Trinajstić information content (AvgIpc) is 2.62. The van der Waals surface area contributed by atoms with Crippen molar-refractivity contribution in [3.63, 3.8) is 0 Å². The largest absolute Gasteiger partial charge is 0.496 e. The van der Waals surface area contributed by atoms with Crippen molar-refractivity contribution in [2.45, 2.75) is 32.1 Å². The molecule has 0 spiro atoms. The molecule has 126 valence electrons. The van der Waals surface area contributed by atoms with Crippen LogP contribution in [-0.4, -0.2) is 41.0 Å². The maximum absolute atomic E-state index is 12.7. The number of carbonyl (C=O) groups excluding carboxylic acids is 1. The van der Waals surface area contributed by atoms with E-state index in [4.69, 9.17) is 4.74 Å². The quantitative estimate of drug-likeness (QED) is 0.867. The Hall–Kier alpha value is -2.43. The van der Waals surface area contributed by atoms with E-state index in [0.29, 0.717) is 13.0 Å². The van der Waals surface area contributed by atoms with E-state index in [1.165, 1.54) is 0 Å². The van der Waals surface area contributed by atoms with E-state index >= 15 is 0 Å². The topological polar surface area (TPSA) is 55.3 Å². The SMILES string of the molecule is COc1ccccc1CC(=O)N1CCCC(c2cncc(C)n2)C1. The first-order chi connectivity index (χ1) is 11.7. The maximum Gasteiger partial charge on any atom is 0.227 e. The molecule has 2 heterocycles. The van der Waals surface area contributed by atoms with Crippen LogP contribution in [0.5, 0.6) is 5.75 Å². The maximum atomic E-state index is 12.7. The molecule has 0 saturated carbocycles. The van der Waals surface area contributed by atoms with E-state index in [9.17, 15) is 4.79 Å². The van der Waals surface area contributed by atoms with Gasteiger partial charge in [-0.3, -0.25) is 14.8 Å². The molecule has 0 aliphatic carbocycles. The number of amides is 1. The van der Waals surface area contributed by atoms with Crippen molar-refractivity contribution in [3.8, 4) is 5.75 Å². The van der Waals surface area contributed by atoms with E-state index < -0.39 is 0 Å². The first kappa shape index (κ1) is 16.4. The van der Waals surface area contributed by atoms with E-state index in [0.717, 1.165) is 42.1 Å². The third kappa shape index (κ3) is 3.72. The number of nitrogens with zero attached hydrogens (tertiary/aromatic N) is 3. The minimum atomic E-state index is 0.143. The van der Waals surface area contributed by atoms with Gasteiger partial charge >= 0.3 is 0 Å². The van der Waals surface area contributed by atoms with Crippen LogP contribution in [0.15, 0.2) is 36.7 Å². The lowest BCUT2D eigenvalue weighted by molar-refractivity contribution is -0.131. The van der Waals surface area contributed by atoms with Crippen LogP contribution < -0.4 is 4.74 Å². The van der Waals surface area contributed by atoms with Gasteiger partial charge in [-0.1, -0.05) is 18.2 Å². The van der Waals surface area contributed by atoms with Gasteiger partial charge in [0.15, 0.2) is 0 Å². The molecule has 0 bridgehead atoms. The van der Waals surface area contributed by atoms with E-state index in [2.05, 4.69) is 9.97 Å². The minimum absolute atomic E-state index is 0.143. The van der Waals surface area contributed by atoms with Gasteiger partial charge in [-0.25, -0.2) is 0 Å². The van der Waals surface area contributed by atoms with Crippen molar-refractivity contribution in [2.24, 2.45) is 0 Å². The number of hydrogen-bond donors (Lipinski definition) is 0. The standard InChI is InChI=1S/C19H23N3O2/c1-14-11-20-12-17(21-14)16-7-5-9-22(13-16)19(23)10-15-6-3-4-8-18(15)24-2/h3-4,6,8,11-12,16H,5,7,9-10,13H2,1-2H3. The first-order valence-electron chi connectivity index (χ1n) is 8.35. The van der Waals surface area contributed by atoms with Crippen molar-refractivity contribution in [1.29, 1.82) is 0 Å². The predicted octanol–water partition coefficient (Wildman–Crippen LogP) is 2.74. The number of ether oxygens (including phenoxy) is 1. The Morgan fingerprint density at radius 2 is 2.17 bits per heavy atom. The van der Waals surface area contributed by atoms with Gasteiger partial charge in [0, 0.05) is 37.0 Å². The molecule has 0 radical (unpaired) electrons. The summed E-state index contributed by atoms with van der Waals surface area (Å²) >= 11 is 0. The van der Waals surface area contributed by atoms with Crippen LogP contribution in [0.3, 0.4) is 0 Å². The van der Waals surface area contributed by atoms with E-state index in [1.54, 1.807) is 13.3 Å². The Morgan fingerprint density at radius 3 is 2.96 bits per heavy atom. The predicted molar refractivity (Wildman–Crippen MR) is 92.0 cm³/mol. The number of aryl methyl sites for hydroxylation is 1. The Morgan fingerprint density at radius 1 is 1.33 bits per heavy atom. The molecule has 5 nitrogen and oxygen atoms in total. The molecule has 1 aliphatic rings. The van der Waals surface area contributed by atoms with Gasteiger partial charge < -0.3 is 9.64 Å². The Kier molecular flexibility index (Phi) is 5.08. The molecule has 1 saturated heterocycles. The third-order valence-electron chi connectivity index (χ3n) is 4.50. The monoisotopic (exact) mass is 325 g/mol. The molecule has 1 fully saturated rings. The Bertz CT molecular complexity index is 717. The van der Waals surface area contributed by atoms with Crippen LogP contribution in [0.2, 0.25) is 0 Å². The van der Waals surface area contributed by atoms with Gasteiger partial charge in [0.25, 0.3) is 0 Å². The van der Waals surface area contributed by atoms with Gasteiger partial charge in [0.05, 0.1) is 24.9 Å². The minimum Gasteiger partial charge on any atom is -0.496 e. The van der Waals surface area contributed by atoms with Crippen molar-refractivity contribution in [1.82, 2.24) is 14.9 Å². The Labute approximate surface area is 142 Å². The normalized spacial score (nSPS) is 17.6. The van der Waals surface area contributed by atoms with Crippen LogP contribution in [0.1, 0.15) is 35.7 Å². The number of benzene rings is 1. The molecule has 1 aromatic heterocycles. The highest BCUT2D eigenvalue weighted by atomic mass is 16.5. The lowest BCUT2D eigenvalue weighted by atomic mass is 9.94. The number of para-hydroxylation sites is 1. The molecule has 1 aromatic carbocycles. The molecular formula is C19H23N3O2. The summed E-state index contributed by atoms with van der Waals surface area (Å²) in [6.07, 6.45) is 6.01. The summed E-state index contributed by atoms with van der Waals surface area (Å²) in [6, 6.07) is 7.70. The van der Waals surface area contributed by atoms with E-state index in [1.807, 2.05) is 42.3 Å². The Balaban J connectivity index is 1.69. The molecular weight excluding hydrogens is 302 g/mol. The highest BCUT2D eigenvalue weighted by molar-refractivity contribution is 5.79. The highest BCUT2D eigenvalue weighted by Gasteiger charge is 2.26. The molecule has 0 N–H and O–H groups in total. The lowest BCUT2D eigenvalue weighted by Crippen LogP contribution is -2.40. The van der Waals surface area contributed by atoms with Crippen LogP contribution in [0.4, 0.5) is 0 Å². The average molecular weight is 325 g/mol. The number of hydrogen-bond acceptors (Lipinski definition) is 4. The molecule has 1 atom stereocenters. The number of likely N-dealkylation sites (tertiary alicyclic amines) is 1. The highest BCUT2D eigenvalue weighted by Crippen LogP contribution is 2.26. The van der Waals surface area contributed by atoms with Crippen LogP contribution in [0, 0.1) is 6.92 Å². The van der Waals surface area contributed by atoms with Crippen LogP contribution in [0.25, 0.3) is 0 Å². The third-order valence-corrected chi connectivity index (χ3v) is 4.50. The van der Waals surface area contributed by atoms with Crippen molar-refractivity contribution < 1.29 is 9.53 Å². The number of aromatic nitrogens is 2. The fraction of sp³-hybridized carbons (Fsp3) is 0.421. The number of piperidine rings is 1. The van der Waals surface area contributed by atoms with Crippen LogP contribution >= 0.6 is 0 Å². The summed E-state index contributed by atoms with van der Waals surface area (Å²) < 4.78 is 5.35. The summed E-state index contributed by atoms with van der Waals surface area (Å²) in [5, 5.41) is 0. The fourth-order valence-electron chi connectivity index (χ4n) is 3.25. The van der Waals surface area contributed by atoms with E-state index in [-0.39, 0.29) is 11.8 Å². The summed E-state index contributed by atoms with van der Waals surface area (Å²) in [4.78, 5) is 23.5. The van der Waals surface area contributed by atoms with Gasteiger partial charge in [0.1, 0.15) is 5.75 Å². The first-order valence-corrected chi connectivity index (χ1v) is 8.35. The van der Waals surface area contributed by atoms with Gasteiger partial charge in [0.2, 0.25) is 5.91 Å². The fourth-order valence-corrected chi connectivity index (χ4v) is 3.25. The number of methoxy groups -OCH3 is 1. The zero-order chi connectivity index (χ0) is 16.9. The number of rotatable bonds is 4. The van der Waals surface area contributed by atoms with Gasteiger partial charge in [-0.2, -0.15) is 0 Å². The van der Waals surface area contributed by atoms with Gasteiger partial charge in [-0.05, 0) is 25.8 Å². The summed E-state index contributed by atoms with van der Waals surface area (Å²) in [6.45, 7) is 3.47. The van der Waals surface area contributed by atoms with Crippen molar-refractivity contribution in [3.05, 3.63) is 53.6 Å². The molecule has 3 rings (SSSR count). The number of carbonyl (C=O) groups is 1. The molecule has 1 amide bonds. The van der Waals surface area contributed by atoms with Crippen LogP contribution in [-0.2, 0) is 11.2 Å². The zero-order valence-corrected chi connectivity index (χ0v) is 14.2. The molecule has 1 aliphatic heterocycles. The van der Waals surface area contributed by atoms with Gasteiger partial charge in [-0.15, -0.1) is 0 Å². The summed E-state index contributed by atoms with van der Waals surface area (Å²) in [5.74, 6) is 1.18. The van der Waals surface area contributed by atoms with Crippen molar-refractivity contribution >= 4 is 5.91 Å². The molecule has 5 heteroatoms. The molecule has 24 heavy (non-hydrogen) atoms. The zero-order valence-electron chi connectivity index (χ0n) is 14.2. The second-order valence-corrected chi connectivity index (χ2v) is 6.25. The second-order valence-electron chi connectivity index (χ2n) is 6.25. The molecule has 2 aromatic rings. The van der Waals surface area contributed by atoms with Crippen molar-refractivity contribution in [2.75, 3.05) is 20.2 Å². The summed E-state index contributed by atoms with van der Waals surface area (Å²) in [7, 11) is 1.64.